The van der Waals surface area contributed by atoms with Crippen LogP contribution in [0.15, 0.2) is 42.1 Å². The number of thioether (sulfide) groups is 1. The summed E-state index contributed by atoms with van der Waals surface area (Å²) in [5, 5.41) is 6.04. The molecule has 0 unspecified atom stereocenters. The second kappa shape index (κ2) is 5.61. The van der Waals surface area contributed by atoms with E-state index in [0.717, 1.165) is 29.4 Å². The molecular weight excluding hydrogens is 220 g/mol. The number of para-hydroxylation sites is 1. The van der Waals surface area contributed by atoms with Gasteiger partial charge in [-0.1, -0.05) is 18.2 Å². The van der Waals surface area contributed by atoms with Crippen molar-refractivity contribution in [3.63, 3.8) is 0 Å². The Balaban J connectivity index is 1.93. The summed E-state index contributed by atoms with van der Waals surface area (Å²) in [6.07, 6.45) is 1.64. The minimum atomic E-state index is -0.0730. The molecule has 0 aliphatic carbocycles. The highest BCUT2D eigenvalue weighted by atomic mass is 32.2. The molecule has 84 valence electrons. The summed E-state index contributed by atoms with van der Waals surface area (Å²) < 4.78 is 0. The zero-order valence-corrected chi connectivity index (χ0v) is 9.72. The first-order chi connectivity index (χ1) is 7.84. The van der Waals surface area contributed by atoms with E-state index in [9.17, 15) is 4.79 Å². The maximum atomic E-state index is 11.6. The van der Waals surface area contributed by atoms with Gasteiger partial charge < -0.3 is 10.6 Å². The molecule has 2 N–H and O–H groups in total. The average molecular weight is 234 g/mol. The quantitative estimate of drug-likeness (QED) is 0.767. The maximum absolute atomic E-state index is 11.6. The lowest BCUT2D eigenvalue weighted by molar-refractivity contribution is -0.112. The van der Waals surface area contributed by atoms with E-state index in [1.54, 1.807) is 6.08 Å². The van der Waals surface area contributed by atoms with Crippen LogP contribution < -0.4 is 10.6 Å². The second-order valence-corrected chi connectivity index (χ2v) is 4.61. The number of benzene rings is 1. The van der Waals surface area contributed by atoms with E-state index in [0.29, 0.717) is 0 Å². The Morgan fingerprint density at radius 2 is 2.19 bits per heavy atom. The van der Waals surface area contributed by atoms with Gasteiger partial charge in [0.1, 0.15) is 0 Å². The summed E-state index contributed by atoms with van der Waals surface area (Å²) >= 11 is 1.84. The van der Waals surface area contributed by atoms with Crippen molar-refractivity contribution in [3.8, 4) is 0 Å². The molecule has 1 aromatic carbocycles. The molecule has 0 spiro atoms. The van der Waals surface area contributed by atoms with Gasteiger partial charge in [-0.15, -0.1) is 0 Å². The topological polar surface area (TPSA) is 41.1 Å². The minimum absolute atomic E-state index is 0.0730. The number of carbonyl (C=O) groups is 1. The van der Waals surface area contributed by atoms with Crippen LogP contribution in [0.25, 0.3) is 0 Å². The minimum Gasteiger partial charge on any atom is -0.387 e. The van der Waals surface area contributed by atoms with Crippen LogP contribution in [0.3, 0.4) is 0 Å². The van der Waals surface area contributed by atoms with E-state index in [-0.39, 0.29) is 5.91 Å². The average Bonchev–Trinajstić information content (AvgIpc) is 2.31. The van der Waals surface area contributed by atoms with Crippen LogP contribution in [0.4, 0.5) is 5.69 Å². The van der Waals surface area contributed by atoms with Gasteiger partial charge in [-0.05, 0) is 12.1 Å². The molecule has 16 heavy (non-hydrogen) atoms. The highest BCUT2D eigenvalue weighted by Crippen LogP contribution is 2.11. The van der Waals surface area contributed by atoms with Crippen LogP contribution in [0.5, 0.6) is 0 Å². The molecule has 0 radical (unpaired) electrons. The monoisotopic (exact) mass is 234 g/mol. The first kappa shape index (κ1) is 11.1. The number of nitrogens with one attached hydrogen (secondary N) is 2. The third-order valence-electron chi connectivity index (χ3n) is 2.20. The van der Waals surface area contributed by atoms with Gasteiger partial charge in [0.15, 0.2) is 0 Å². The molecule has 0 aromatic heterocycles. The SMILES string of the molecule is O=C(/C=C1/CSCCN1)Nc1ccccc1. The Morgan fingerprint density at radius 3 is 2.88 bits per heavy atom. The fraction of sp³-hybridized carbons (Fsp3) is 0.250. The fourth-order valence-corrected chi connectivity index (χ4v) is 2.26. The van der Waals surface area contributed by atoms with E-state index >= 15 is 0 Å². The van der Waals surface area contributed by atoms with Gasteiger partial charge in [0.05, 0.1) is 0 Å². The summed E-state index contributed by atoms with van der Waals surface area (Å²) in [5.41, 5.74) is 1.83. The summed E-state index contributed by atoms with van der Waals surface area (Å²) in [7, 11) is 0. The molecule has 4 heteroatoms. The standard InChI is InChI=1S/C12H14N2OS/c15-12(8-11-9-16-7-6-13-11)14-10-4-2-1-3-5-10/h1-5,8,13H,6-7,9H2,(H,14,15)/b11-8-. The van der Waals surface area contributed by atoms with Gasteiger partial charge >= 0.3 is 0 Å². The first-order valence-electron chi connectivity index (χ1n) is 5.23. The highest BCUT2D eigenvalue weighted by molar-refractivity contribution is 7.99. The zero-order chi connectivity index (χ0) is 11.2. The normalized spacial score (nSPS) is 17.9. The van der Waals surface area contributed by atoms with Gasteiger partial charge in [0.25, 0.3) is 0 Å². The summed E-state index contributed by atoms with van der Waals surface area (Å²) in [5.74, 6) is 1.93. The Hall–Kier alpha value is -1.42. The lowest BCUT2D eigenvalue weighted by Gasteiger charge is -2.15. The molecule has 1 aliphatic rings. The number of rotatable bonds is 2. The van der Waals surface area contributed by atoms with Crippen LogP contribution in [0.2, 0.25) is 0 Å². The van der Waals surface area contributed by atoms with Crippen LogP contribution in [0, 0.1) is 0 Å². The number of hydrogen-bond donors (Lipinski definition) is 2. The van der Waals surface area contributed by atoms with Crippen LogP contribution in [-0.2, 0) is 4.79 Å². The molecule has 0 saturated carbocycles. The smallest absolute Gasteiger partial charge is 0.250 e. The number of hydrogen-bond acceptors (Lipinski definition) is 3. The predicted octanol–water partition coefficient (Wildman–Crippen LogP) is 1.85. The van der Waals surface area contributed by atoms with Crippen LogP contribution >= 0.6 is 11.8 Å². The van der Waals surface area contributed by atoms with E-state index < -0.39 is 0 Å². The van der Waals surface area contributed by atoms with Crippen LogP contribution in [-0.4, -0.2) is 24.0 Å². The molecule has 1 amide bonds. The van der Waals surface area contributed by atoms with Gasteiger partial charge in [-0.25, -0.2) is 0 Å². The lowest BCUT2D eigenvalue weighted by Crippen LogP contribution is -2.25. The summed E-state index contributed by atoms with van der Waals surface area (Å²) in [6.45, 7) is 0.940. The van der Waals surface area contributed by atoms with Crippen LogP contribution in [0.1, 0.15) is 0 Å². The lowest BCUT2D eigenvalue weighted by atomic mass is 10.3. The van der Waals surface area contributed by atoms with E-state index in [2.05, 4.69) is 10.6 Å². The molecule has 1 saturated heterocycles. The molecule has 1 fully saturated rings. The van der Waals surface area contributed by atoms with Crippen molar-refractivity contribution in [2.75, 3.05) is 23.4 Å². The van der Waals surface area contributed by atoms with E-state index in [1.165, 1.54) is 0 Å². The molecule has 2 rings (SSSR count). The number of anilines is 1. The van der Waals surface area contributed by atoms with Crippen molar-refractivity contribution >= 4 is 23.4 Å². The van der Waals surface area contributed by atoms with Crippen molar-refractivity contribution < 1.29 is 4.79 Å². The van der Waals surface area contributed by atoms with E-state index in [4.69, 9.17) is 0 Å². The van der Waals surface area contributed by atoms with Gasteiger partial charge in [-0.2, -0.15) is 11.8 Å². The van der Waals surface area contributed by atoms with Crippen molar-refractivity contribution in [2.24, 2.45) is 0 Å². The number of amides is 1. The van der Waals surface area contributed by atoms with Crippen molar-refractivity contribution in [2.45, 2.75) is 0 Å². The molecule has 1 aromatic rings. The van der Waals surface area contributed by atoms with Gasteiger partial charge in [-0.3, -0.25) is 4.79 Å². The highest BCUT2D eigenvalue weighted by Gasteiger charge is 2.06. The number of carbonyl (C=O) groups excluding carboxylic acids is 1. The summed E-state index contributed by atoms with van der Waals surface area (Å²) in [6, 6.07) is 9.47. The summed E-state index contributed by atoms with van der Waals surface area (Å²) in [4.78, 5) is 11.6. The molecule has 3 nitrogen and oxygen atoms in total. The zero-order valence-electron chi connectivity index (χ0n) is 8.90. The predicted molar refractivity (Wildman–Crippen MR) is 68.5 cm³/mol. The largest absolute Gasteiger partial charge is 0.387 e. The third kappa shape index (κ3) is 3.31. The molecule has 0 bridgehead atoms. The Kier molecular flexibility index (Phi) is 3.88. The van der Waals surface area contributed by atoms with Crippen molar-refractivity contribution in [1.82, 2.24) is 5.32 Å². The van der Waals surface area contributed by atoms with Gasteiger partial charge in [0.2, 0.25) is 5.91 Å². The fourth-order valence-electron chi connectivity index (χ4n) is 1.47. The molecular formula is C12H14N2OS. The molecule has 0 atom stereocenters. The van der Waals surface area contributed by atoms with Crippen molar-refractivity contribution in [1.29, 1.82) is 0 Å². The van der Waals surface area contributed by atoms with Crippen molar-refractivity contribution in [3.05, 3.63) is 42.1 Å². The molecule has 1 heterocycles. The Labute approximate surface area is 99.3 Å². The van der Waals surface area contributed by atoms with E-state index in [1.807, 2.05) is 42.1 Å². The van der Waals surface area contributed by atoms with Gasteiger partial charge in [0, 0.05) is 35.5 Å². The Bertz CT molecular complexity index is 381. The maximum Gasteiger partial charge on any atom is 0.250 e. The first-order valence-corrected chi connectivity index (χ1v) is 6.38. The molecule has 1 aliphatic heterocycles. The Morgan fingerprint density at radius 1 is 1.38 bits per heavy atom. The third-order valence-corrected chi connectivity index (χ3v) is 3.21. The second-order valence-electron chi connectivity index (χ2n) is 3.50.